The number of nitrogens with zero attached hydrogens (tertiary/aromatic N) is 1. The van der Waals surface area contributed by atoms with Crippen molar-refractivity contribution < 1.29 is 5.11 Å². The third kappa shape index (κ3) is 1.98. The van der Waals surface area contributed by atoms with E-state index < -0.39 is 0 Å². The van der Waals surface area contributed by atoms with E-state index in [-0.39, 0.29) is 6.10 Å². The lowest BCUT2D eigenvalue weighted by Crippen LogP contribution is -2.39. The first-order valence-electron chi connectivity index (χ1n) is 6.03. The summed E-state index contributed by atoms with van der Waals surface area (Å²) in [6, 6.07) is 10.6. The normalized spacial score (nSPS) is 23.4. The molecule has 0 bridgehead atoms. The maximum Gasteiger partial charge on any atom is 0.0725 e. The van der Waals surface area contributed by atoms with E-state index in [1.54, 1.807) is 0 Å². The number of hydrogen-bond donors (Lipinski definition) is 2. The molecule has 0 atom stereocenters. The lowest BCUT2D eigenvalue weighted by atomic mass is 9.89. The number of nitrogens with one attached hydrogen (secondary N) is 1. The second-order valence-corrected chi connectivity index (χ2v) is 4.79. The first kappa shape index (κ1) is 10.5. The maximum atomic E-state index is 9.31. The number of aromatic nitrogens is 1. The highest BCUT2D eigenvalue weighted by Gasteiger charge is 2.27. The van der Waals surface area contributed by atoms with E-state index in [1.165, 1.54) is 0 Å². The van der Waals surface area contributed by atoms with Crippen LogP contribution in [0.2, 0.25) is 0 Å². The van der Waals surface area contributed by atoms with Gasteiger partial charge >= 0.3 is 0 Å². The number of rotatable bonds is 2. The van der Waals surface area contributed by atoms with E-state index in [1.807, 2.05) is 25.1 Å². The maximum absolute atomic E-state index is 9.31. The Labute approximate surface area is 100 Å². The van der Waals surface area contributed by atoms with Crippen LogP contribution in [0.25, 0.3) is 10.9 Å². The van der Waals surface area contributed by atoms with Crippen molar-refractivity contribution in [2.24, 2.45) is 0 Å². The summed E-state index contributed by atoms with van der Waals surface area (Å²) in [5.41, 5.74) is 3.17. The van der Waals surface area contributed by atoms with Gasteiger partial charge in [-0.25, -0.2) is 0 Å². The van der Waals surface area contributed by atoms with Crippen LogP contribution in [0, 0.1) is 6.92 Å². The fraction of sp³-hybridized carbons (Fsp3) is 0.357. The molecule has 1 fully saturated rings. The predicted molar refractivity (Wildman–Crippen MR) is 69.1 cm³/mol. The van der Waals surface area contributed by atoms with Crippen molar-refractivity contribution >= 4 is 16.6 Å². The van der Waals surface area contributed by atoms with E-state index in [0.29, 0.717) is 6.04 Å². The van der Waals surface area contributed by atoms with Gasteiger partial charge < -0.3 is 10.4 Å². The molecule has 0 aliphatic heterocycles. The highest BCUT2D eigenvalue weighted by molar-refractivity contribution is 5.91. The van der Waals surface area contributed by atoms with Crippen LogP contribution in [0.15, 0.2) is 30.3 Å². The molecular weight excluding hydrogens is 212 g/mol. The summed E-state index contributed by atoms with van der Waals surface area (Å²) >= 11 is 0. The van der Waals surface area contributed by atoms with Crippen molar-refractivity contribution in [3.05, 3.63) is 36.0 Å². The van der Waals surface area contributed by atoms with Crippen molar-refractivity contribution in [2.45, 2.75) is 31.9 Å². The summed E-state index contributed by atoms with van der Waals surface area (Å²) in [5.74, 6) is 0. The molecule has 88 valence electrons. The second kappa shape index (κ2) is 4.00. The fourth-order valence-electron chi connectivity index (χ4n) is 2.35. The first-order valence-corrected chi connectivity index (χ1v) is 6.03. The number of aliphatic hydroxyl groups excluding tert-OH is 1. The summed E-state index contributed by atoms with van der Waals surface area (Å²) in [5, 5.41) is 14.0. The van der Waals surface area contributed by atoms with Gasteiger partial charge in [-0.1, -0.05) is 18.2 Å². The standard InChI is InChI=1S/C14H16N2O/c1-9-6-14(16-10-7-11(17)8-10)12-4-2-3-5-13(12)15-9/h2-6,10-11,17H,7-8H2,1H3,(H,15,16). The Kier molecular flexibility index (Phi) is 2.48. The molecule has 3 heteroatoms. The van der Waals surface area contributed by atoms with Crippen molar-refractivity contribution in [2.75, 3.05) is 5.32 Å². The third-order valence-corrected chi connectivity index (χ3v) is 3.32. The number of anilines is 1. The number of hydrogen-bond acceptors (Lipinski definition) is 3. The number of benzene rings is 1. The highest BCUT2D eigenvalue weighted by atomic mass is 16.3. The Bertz CT molecular complexity index is 547. The summed E-state index contributed by atoms with van der Waals surface area (Å²) in [6.07, 6.45) is 1.56. The Morgan fingerprint density at radius 1 is 1.29 bits per heavy atom. The molecule has 1 heterocycles. The topological polar surface area (TPSA) is 45.1 Å². The molecule has 1 aliphatic carbocycles. The monoisotopic (exact) mass is 228 g/mol. The molecule has 0 unspecified atom stereocenters. The van der Waals surface area contributed by atoms with Gasteiger partial charge in [0.15, 0.2) is 0 Å². The van der Waals surface area contributed by atoms with Gasteiger partial charge in [0, 0.05) is 22.8 Å². The largest absolute Gasteiger partial charge is 0.393 e. The molecule has 1 saturated carbocycles. The minimum absolute atomic E-state index is 0.123. The van der Waals surface area contributed by atoms with Gasteiger partial charge in [0.05, 0.1) is 11.6 Å². The first-order chi connectivity index (χ1) is 8.22. The number of aryl methyl sites for hydroxylation is 1. The SMILES string of the molecule is Cc1cc(NC2CC(O)C2)c2ccccc2n1. The Hall–Kier alpha value is -1.61. The predicted octanol–water partition coefficient (Wildman–Crippen LogP) is 2.48. The van der Waals surface area contributed by atoms with Gasteiger partial charge in [0.2, 0.25) is 0 Å². The molecule has 2 N–H and O–H groups in total. The van der Waals surface area contributed by atoms with Crippen LogP contribution in [0.1, 0.15) is 18.5 Å². The molecule has 3 rings (SSSR count). The van der Waals surface area contributed by atoms with Crippen molar-refractivity contribution in [1.82, 2.24) is 4.98 Å². The van der Waals surface area contributed by atoms with Gasteiger partial charge in [-0.15, -0.1) is 0 Å². The van der Waals surface area contributed by atoms with Crippen LogP contribution in [-0.2, 0) is 0 Å². The minimum Gasteiger partial charge on any atom is -0.393 e. The molecule has 2 aromatic rings. The molecule has 1 aromatic carbocycles. The van der Waals surface area contributed by atoms with Crippen LogP contribution < -0.4 is 5.32 Å². The number of aliphatic hydroxyl groups is 1. The molecule has 0 amide bonds. The zero-order chi connectivity index (χ0) is 11.8. The summed E-state index contributed by atoms with van der Waals surface area (Å²) in [6.45, 7) is 2.01. The Balaban J connectivity index is 1.97. The van der Waals surface area contributed by atoms with Crippen molar-refractivity contribution in [3.8, 4) is 0 Å². The smallest absolute Gasteiger partial charge is 0.0725 e. The van der Waals surface area contributed by atoms with Gasteiger partial charge in [0.1, 0.15) is 0 Å². The fourth-order valence-corrected chi connectivity index (χ4v) is 2.35. The van der Waals surface area contributed by atoms with Gasteiger partial charge in [-0.3, -0.25) is 4.98 Å². The van der Waals surface area contributed by atoms with E-state index in [4.69, 9.17) is 0 Å². The summed E-state index contributed by atoms with van der Waals surface area (Å²) in [4.78, 5) is 4.51. The molecule has 0 radical (unpaired) electrons. The number of para-hydroxylation sites is 1. The van der Waals surface area contributed by atoms with Crippen LogP contribution in [-0.4, -0.2) is 22.2 Å². The van der Waals surface area contributed by atoms with Crippen LogP contribution >= 0.6 is 0 Å². The van der Waals surface area contributed by atoms with Gasteiger partial charge in [0.25, 0.3) is 0 Å². The third-order valence-electron chi connectivity index (χ3n) is 3.32. The quantitative estimate of drug-likeness (QED) is 0.830. The number of pyridine rings is 1. The molecular formula is C14H16N2O. The lowest BCUT2D eigenvalue weighted by molar-refractivity contribution is 0.0837. The average molecular weight is 228 g/mol. The zero-order valence-corrected chi connectivity index (χ0v) is 9.85. The van der Waals surface area contributed by atoms with Gasteiger partial charge in [-0.05, 0) is 31.9 Å². The second-order valence-electron chi connectivity index (χ2n) is 4.79. The molecule has 0 saturated heterocycles. The van der Waals surface area contributed by atoms with Crippen LogP contribution in [0.4, 0.5) is 5.69 Å². The Morgan fingerprint density at radius 3 is 2.82 bits per heavy atom. The van der Waals surface area contributed by atoms with Crippen molar-refractivity contribution in [1.29, 1.82) is 0 Å². The summed E-state index contributed by atoms with van der Waals surface area (Å²) in [7, 11) is 0. The molecule has 1 aromatic heterocycles. The lowest BCUT2D eigenvalue weighted by Gasteiger charge is -2.33. The summed E-state index contributed by atoms with van der Waals surface area (Å²) < 4.78 is 0. The zero-order valence-electron chi connectivity index (χ0n) is 9.85. The van der Waals surface area contributed by atoms with E-state index in [2.05, 4.69) is 22.4 Å². The van der Waals surface area contributed by atoms with E-state index >= 15 is 0 Å². The molecule has 0 spiro atoms. The average Bonchev–Trinajstić information content (AvgIpc) is 2.26. The highest BCUT2D eigenvalue weighted by Crippen LogP contribution is 2.28. The van der Waals surface area contributed by atoms with Crippen molar-refractivity contribution in [3.63, 3.8) is 0 Å². The van der Waals surface area contributed by atoms with Crippen LogP contribution in [0.5, 0.6) is 0 Å². The van der Waals surface area contributed by atoms with E-state index in [0.717, 1.165) is 35.1 Å². The minimum atomic E-state index is -0.123. The molecule has 17 heavy (non-hydrogen) atoms. The van der Waals surface area contributed by atoms with Crippen LogP contribution in [0.3, 0.4) is 0 Å². The van der Waals surface area contributed by atoms with E-state index in [9.17, 15) is 5.11 Å². The molecule has 1 aliphatic rings. The molecule has 3 nitrogen and oxygen atoms in total. The number of fused-ring (bicyclic) bond motifs is 1. The van der Waals surface area contributed by atoms with Gasteiger partial charge in [-0.2, -0.15) is 0 Å². The Morgan fingerprint density at radius 2 is 2.06 bits per heavy atom.